The van der Waals surface area contributed by atoms with Gasteiger partial charge in [-0.25, -0.2) is 19.8 Å². The van der Waals surface area contributed by atoms with Crippen LogP contribution >= 0.6 is 0 Å². The lowest BCUT2D eigenvalue weighted by molar-refractivity contribution is 0.100. The maximum Gasteiger partial charge on any atom is 0.333 e. The van der Waals surface area contributed by atoms with Gasteiger partial charge in [0.2, 0.25) is 0 Å². The largest absolute Gasteiger partial charge is 0.393 e. The average Bonchev–Trinajstić information content (AvgIpc) is 3.43. The Morgan fingerprint density at radius 3 is 2.94 bits per heavy atom. The molecule has 0 bridgehead atoms. The number of aliphatic hydroxyl groups excluding tert-OH is 1. The number of nitrogens with two attached hydrogens (primary N) is 1. The summed E-state index contributed by atoms with van der Waals surface area (Å²) in [5.41, 5.74) is 1.82. The number of rotatable bonds is 6. The number of hydrogen-bond acceptors (Lipinski definition) is 10. The van der Waals surface area contributed by atoms with Crippen molar-refractivity contribution in [3.63, 3.8) is 0 Å². The second kappa shape index (κ2) is 7.49. The van der Waals surface area contributed by atoms with E-state index in [2.05, 4.69) is 40.0 Å². The quantitative estimate of drug-likeness (QED) is 0.323. The molecule has 1 aliphatic rings. The molecule has 14 heteroatoms. The van der Waals surface area contributed by atoms with Gasteiger partial charge < -0.3 is 10.4 Å². The minimum atomic E-state index is -4.07. The van der Waals surface area contributed by atoms with E-state index in [1.165, 1.54) is 6.33 Å². The summed E-state index contributed by atoms with van der Waals surface area (Å²) in [6, 6.07) is 7.44. The number of benzene rings is 1. The standard InChI is InChI=1S/C17H19N9O4S/c18-31(28,29)30-7-9-5-10(6-13(9)27)26-17-14(23-25-26)16(19-8-20-17)21-15-11-3-1-2-4-12(11)22-24-15/h1-4,8-10,13,27H,5-7H2,(H2,18,28,29)(H2,19,20,21,22,24). The fourth-order valence-corrected chi connectivity index (χ4v) is 4.27. The molecule has 1 saturated carbocycles. The molecule has 0 radical (unpaired) electrons. The smallest absolute Gasteiger partial charge is 0.333 e. The van der Waals surface area contributed by atoms with E-state index < -0.39 is 22.3 Å². The van der Waals surface area contributed by atoms with Crippen LogP contribution in [0, 0.1) is 5.92 Å². The van der Waals surface area contributed by atoms with E-state index in [0.29, 0.717) is 35.6 Å². The first-order valence-electron chi connectivity index (χ1n) is 9.50. The third-order valence-corrected chi connectivity index (χ3v) is 5.86. The maximum absolute atomic E-state index is 11.0. The van der Waals surface area contributed by atoms with Crippen LogP contribution in [0.5, 0.6) is 0 Å². The van der Waals surface area contributed by atoms with Gasteiger partial charge in [0.05, 0.1) is 24.3 Å². The van der Waals surface area contributed by atoms with Crippen molar-refractivity contribution in [2.75, 3.05) is 11.9 Å². The van der Waals surface area contributed by atoms with Gasteiger partial charge in [0.25, 0.3) is 0 Å². The zero-order valence-electron chi connectivity index (χ0n) is 16.1. The Morgan fingerprint density at radius 2 is 2.10 bits per heavy atom. The lowest BCUT2D eigenvalue weighted by Crippen LogP contribution is -2.24. The molecule has 1 fully saturated rings. The van der Waals surface area contributed by atoms with E-state index in [1.54, 1.807) is 4.68 Å². The van der Waals surface area contributed by atoms with E-state index >= 15 is 0 Å². The van der Waals surface area contributed by atoms with Gasteiger partial charge in [-0.1, -0.05) is 17.3 Å². The molecule has 5 N–H and O–H groups in total. The molecule has 5 rings (SSSR count). The Morgan fingerprint density at radius 1 is 1.26 bits per heavy atom. The van der Waals surface area contributed by atoms with Crippen LogP contribution in [0.15, 0.2) is 30.6 Å². The third-order valence-electron chi connectivity index (χ3n) is 5.39. The monoisotopic (exact) mass is 445 g/mol. The van der Waals surface area contributed by atoms with Crippen molar-refractivity contribution < 1.29 is 17.7 Å². The molecule has 0 aliphatic heterocycles. The SMILES string of the molecule is NS(=O)(=O)OCC1CC(n2nnc3c(Nc4n[nH]c5ccccc45)ncnc32)CC1O. The summed E-state index contributed by atoms with van der Waals surface area (Å²) in [4.78, 5) is 8.58. The van der Waals surface area contributed by atoms with E-state index in [4.69, 9.17) is 5.14 Å². The molecule has 3 aromatic heterocycles. The summed E-state index contributed by atoms with van der Waals surface area (Å²) in [6.45, 7) is -0.197. The summed E-state index contributed by atoms with van der Waals surface area (Å²) in [5.74, 6) is 0.639. The second-order valence-corrected chi connectivity index (χ2v) is 8.62. The Balaban J connectivity index is 1.41. The highest BCUT2D eigenvalue weighted by molar-refractivity contribution is 7.84. The van der Waals surface area contributed by atoms with Crippen LogP contribution in [0.4, 0.5) is 11.6 Å². The Kier molecular flexibility index (Phi) is 4.77. The molecule has 3 unspecified atom stereocenters. The van der Waals surface area contributed by atoms with E-state index in [9.17, 15) is 13.5 Å². The molecule has 3 heterocycles. The van der Waals surface area contributed by atoms with Crippen molar-refractivity contribution in [1.82, 2.24) is 35.2 Å². The Hall–Kier alpha value is -3.20. The molecular formula is C17H19N9O4S. The molecule has 0 amide bonds. The molecule has 3 atom stereocenters. The maximum atomic E-state index is 11.0. The van der Waals surface area contributed by atoms with Crippen LogP contribution in [0.25, 0.3) is 22.1 Å². The number of H-pyrrole nitrogens is 1. The average molecular weight is 445 g/mol. The minimum Gasteiger partial charge on any atom is -0.393 e. The molecule has 31 heavy (non-hydrogen) atoms. The lowest BCUT2D eigenvalue weighted by Gasteiger charge is -2.12. The number of aromatic amines is 1. The minimum absolute atomic E-state index is 0.197. The van der Waals surface area contributed by atoms with Gasteiger partial charge in [-0.15, -0.1) is 5.10 Å². The van der Waals surface area contributed by atoms with Crippen molar-refractivity contribution >= 4 is 44.0 Å². The number of aliphatic hydroxyl groups is 1. The van der Waals surface area contributed by atoms with Crippen LogP contribution in [0.1, 0.15) is 18.9 Å². The highest BCUT2D eigenvalue weighted by Gasteiger charge is 2.36. The van der Waals surface area contributed by atoms with Crippen LogP contribution in [0.2, 0.25) is 0 Å². The molecule has 0 spiro atoms. The highest BCUT2D eigenvalue weighted by Crippen LogP contribution is 2.36. The van der Waals surface area contributed by atoms with Crippen molar-refractivity contribution in [2.45, 2.75) is 25.0 Å². The lowest BCUT2D eigenvalue weighted by atomic mass is 10.1. The first-order valence-corrected chi connectivity index (χ1v) is 11.0. The number of nitrogens with one attached hydrogen (secondary N) is 2. The van der Waals surface area contributed by atoms with Crippen molar-refractivity contribution in [1.29, 1.82) is 0 Å². The molecule has 1 aliphatic carbocycles. The van der Waals surface area contributed by atoms with Gasteiger partial charge in [0, 0.05) is 11.3 Å². The normalized spacial score (nSPS) is 21.8. The molecule has 0 saturated heterocycles. The zero-order valence-corrected chi connectivity index (χ0v) is 16.9. The fourth-order valence-electron chi connectivity index (χ4n) is 3.91. The fraction of sp³-hybridized carbons (Fsp3) is 0.353. The molecule has 162 valence electrons. The molecule has 13 nitrogen and oxygen atoms in total. The summed E-state index contributed by atoms with van der Waals surface area (Å²) in [6.07, 6.45) is 1.42. The summed E-state index contributed by atoms with van der Waals surface area (Å²) in [5, 5.41) is 34.9. The van der Waals surface area contributed by atoms with Crippen LogP contribution < -0.4 is 10.5 Å². The van der Waals surface area contributed by atoms with Gasteiger partial charge in [0.1, 0.15) is 6.33 Å². The van der Waals surface area contributed by atoms with E-state index in [0.717, 1.165) is 10.9 Å². The predicted octanol–water partition coefficient (Wildman–Crippen LogP) is 0.373. The zero-order chi connectivity index (χ0) is 21.6. The number of hydrogen-bond donors (Lipinski definition) is 4. The Bertz CT molecular complexity index is 1350. The van der Waals surface area contributed by atoms with E-state index in [1.807, 2.05) is 24.3 Å². The van der Waals surface area contributed by atoms with Gasteiger partial charge in [-0.05, 0) is 25.0 Å². The predicted molar refractivity (Wildman–Crippen MR) is 109 cm³/mol. The second-order valence-electron chi connectivity index (χ2n) is 7.40. The van der Waals surface area contributed by atoms with Gasteiger partial charge in [0.15, 0.2) is 22.8 Å². The molecular weight excluding hydrogens is 426 g/mol. The van der Waals surface area contributed by atoms with Crippen LogP contribution in [0.3, 0.4) is 0 Å². The number of anilines is 2. The van der Waals surface area contributed by atoms with Crippen molar-refractivity contribution in [3.8, 4) is 0 Å². The number of nitrogens with zero attached hydrogens (tertiary/aromatic N) is 6. The van der Waals surface area contributed by atoms with Crippen LogP contribution in [-0.4, -0.2) is 61.4 Å². The first kappa shape index (κ1) is 19.7. The van der Waals surface area contributed by atoms with Gasteiger partial charge >= 0.3 is 10.3 Å². The third kappa shape index (κ3) is 3.81. The highest BCUT2D eigenvalue weighted by atomic mass is 32.2. The van der Waals surface area contributed by atoms with Crippen molar-refractivity contribution in [3.05, 3.63) is 30.6 Å². The van der Waals surface area contributed by atoms with Gasteiger partial charge in [-0.3, -0.25) is 9.28 Å². The first-order chi connectivity index (χ1) is 14.9. The number of para-hydroxylation sites is 1. The summed E-state index contributed by atoms with van der Waals surface area (Å²) < 4.78 is 28.4. The topological polar surface area (TPSA) is 187 Å². The van der Waals surface area contributed by atoms with E-state index in [-0.39, 0.29) is 12.6 Å². The number of aromatic nitrogens is 7. The molecule has 4 aromatic rings. The molecule has 1 aromatic carbocycles. The Labute approximate surface area is 175 Å². The summed E-state index contributed by atoms with van der Waals surface area (Å²) in [7, 11) is -4.07. The summed E-state index contributed by atoms with van der Waals surface area (Å²) >= 11 is 0. The van der Waals surface area contributed by atoms with Gasteiger partial charge in [-0.2, -0.15) is 13.5 Å². The van der Waals surface area contributed by atoms with Crippen molar-refractivity contribution in [2.24, 2.45) is 11.1 Å². The number of fused-ring (bicyclic) bond motifs is 2. The van der Waals surface area contributed by atoms with Crippen LogP contribution in [-0.2, 0) is 14.5 Å².